The number of aliphatic hydroxyl groups is 1. The highest BCUT2D eigenvalue weighted by Gasteiger charge is 2.12. The van der Waals surface area contributed by atoms with Crippen LogP contribution in [0.25, 0.3) is 0 Å². The molecule has 3 heteroatoms. The van der Waals surface area contributed by atoms with Crippen LogP contribution in [0.15, 0.2) is 18.5 Å². The number of carbonyl (C=O) groups excluding carboxylic acids is 1. The SMILES string of the molecule is CCCC(=O)c1ccn(CCC(C)(C)O)c1. The molecule has 1 aromatic heterocycles. The summed E-state index contributed by atoms with van der Waals surface area (Å²) in [5, 5.41) is 9.60. The van der Waals surface area contributed by atoms with Gasteiger partial charge in [-0.2, -0.15) is 0 Å². The number of hydrogen-bond acceptors (Lipinski definition) is 2. The molecule has 16 heavy (non-hydrogen) atoms. The molecule has 0 radical (unpaired) electrons. The Balaban J connectivity index is 2.55. The molecule has 0 saturated heterocycles. The minimum absolute atomic E-state index is 0.199. The first-order valence-corrected chi connectivity index (χ1v) is 5.84. The molecule has 0 aliphatic rings. The highest BCUT2D eigenvalue weighted by molar-refractivity contribution is 5.95. The summed E-state index contributed by atoms with van der Waals surface area (Å²) in [7, 11) is 0. The Morgan fingerprint density at radius 2 is 2.19 bits per heavy atom. The highest BCUT2D eigenvalue weighted by Crippen LogP contribution is 2.11. The summed E-state index contributed by atoms with van der Waals surface area (Å²) in [6.45, 7) is 6.32. The molecular formula is C13H21NO2. The predicted octanol–water partition coefficient (Wildman–Crippen LogP) is 2.63. The number of aryl methyl sites for hydroxylation is 1. The van der Waals surface area contributed by atoms with E-state index < -0.39 is 5.60 Å². The summed E-state index contributed by atoms with van der Waals surface area (Å²) in [4.78, 5) is 11.6. The normalized spacial score (nSPS) is 11.8. The van der Waals surface area contributed by atoms with Gasteiger partial charge < -0.3 is 9.67 Å². The number of hydrogen-bond donors (Lipinski definition) is 1. The van der Waals surface area contributed by atoms with E-state index in [2.05, 4.69) is 0 Å². The van der Waals surface area contributed by atoms with Crippen LogP contribution in [0.1, 0.15) is 50.4 Å². The van der Waals surface area contributed by atoms with Crippen LogP contribution in [0.4, 0.5) is 0 Å². The first-order valence-electron chi connectivity index (χ1n) is 5.84. The summed E-state index contributed by atoms with van der Waals surface area (Å²) < 4.78 is 1.96. The van der Waals surface area contributed by atoms with Crippen molar-refractivity contribution in [2.75, 3.05) is 0 Å². The molecule has 0 fully saturated rings. The van der Waals surface area contributed by atoms with Crippen molar-refractivity contribution < 1.29 is 9.90 Å². The van der Waals surface area contributed by atoms with Crippen LogP contribution in [0.2, 0.25) is 0 Å². The van der Waals surface area contributed by atoms with Crippen molar-refractivity contribution in [1.29, 1.82) is 0 Å². The number of ketones is 1. The Morgan fingerprint density at radius 1 is 1.50 bits per heavy atom. The third kappa shape index (κ3) is 4.19. The first-order chi connectivity index (χ1) is 7.42. The lowest BCUT2D eigenvalue weighted by atomic mass is 10.1. The molecule has 0 aliphatic heterocycles. The molecule has 0 atom stereocenters. The van der Waals surface area contributed by atoms with Gasteiger partial charge in [-0.1, -0.05) is 6.92 Å². The van der Waals surface area contributed by atoms with Crippen LogP contribution < -0.4 is 0 Å². The summed E-state index contributed by atoms with van der Waals surface area (Å²) in [5.41, 5.74) is 0.121. The van der Waals surface area contributed by atoms with Crippen molar-refractivity contribution in [3.63, 3.8) is 0 Å². The van der Waals surface area contributed by atoms with E-state index in [4.69, 9.17) is 0 Å². The zero-order chi connectivity index (χ0) is 12.2. The summed E-state index contributed by atoms with van der Waals surface area (Å²) in [5.74, 6) is 0.199. The second kappa shape index (κ2) is 5.30. The molecule has 0 amide bonds. The Labute approximate surface area is 97.1 Å². The Kier molecular flexibility index (Phi) is 4.30. The molecule has 90 valence electrons. The monoisotopic (exact) mass is 223 g/mol. The summed E-state index contributed by atoms with van der Waals surface area (Å²) >= 11 is 0. The molecular weight excluding hydrogens is 202 g/mol. The van der Waals surface area contributed by atoms with Gasteiger partial charge in [0.2, 0.25) is 0 Å². The maximum Gasteiger partial charge on any atom is 0.164 e. The maximum atomic E-state index is 11.6. The van der Waals surface area contributed by atoms with E-state index in [1.807, 2.05) is 30.0 Å². The van der Waals surface area contributed by atoms with Crippen molar-refractivity contribution >= 4 is 5.78 Å². The maximum absolute atomic E-state index is 11.6. The Bertz CT molecular complexity index is 347. The van der Waals surface area contributed by atoms with Gasteiger partial charge in [-0.15, -0.1) is 0 Å². The molecule has 0 spiro atoms. The van der Waals surface area contributed by atoms with Gasteiger partial charge in [0, 0.05) is 30.9 Å². The van der Waals surface area contributed by atoms with Gasteiger partial charge in [-0.05, 0) is 32.8 Å². The zero-order valence-electron chi connectivity index (χ0n) is 10.4. The van der Waals surface area contributed by atoms with Gasteiger partial charge in [-0.25, -0.2) is 0 Å². The summed E-state index contributed by atoms with van der Waals surface area (Å²) in [6, 6.07) is 1.85. The van der Waals surface area contributed by atoms with Crippen LogP contribution >= 0.6 is 0 Å². The molecule has 0 aliphatic carbocycles. The van der Waals surface area contributed by atoms with Crippen molar-refractivity contribution in [3.05, 3.63) is 24.0 Å². The standard InChI is InChI=1S/C13H21NO2/c1-4-5-12(15)11-6-8-14(10-11)9-7-13(2,3)16/h6,8,10,16H,4-5,7,9H2,1-3H3. The third-order valence-electron chi connectivity index (χ3n) is 2.53. The number of nitrogens with zero attached hydrogens (tertiary/aromatic N) is 1. The first kappa shape index (κ1) is 13.0. The van der Waals surface area contributed by atoms with Crippen LogP contribution in [-0.2, 0) is 6.54 Å². The van der Waals surface area contributed by atoms with Crippen LogP contribution in [0.5, 0.6) is 0 Å². The third-order valence-corrected chi connectivity index (χ3v) is 2.53. The lowest BCUT2D eigenvalue weighted by molar-refractivity contribution is 0.0662. The molecule has 0 saturated carbocycles. The van der Waals surface area contributed by atoms with Crippen LogP contribution in [-0.4, -0.2) is 21.1 Å². The summed E-state index contributed by atoms with van der Waals surface area (Å²) in [6.07, 6.45) is 5.94. The van der Waals surface area contributed by atoms with Gasteiger partial charge in [-0.3, -0.25) is 4.79 Å². The van der Waals surface area contributed by atoms with E-state index >= 15 is 0 Å². The minimum Gasteiger partial charge on any atom is -0.390 e. The highest BCUT2D eigenvalue weighted by atomic mass is 16.3. The molecule has 1 rings (SSSR count). The number of rotatable bonds is 6. The van der Waals surface area contributed by atoms with Crippen LogP contribution in [0, 0.1) is 0 Å². The van der Waals surface area contributed by atoms with Gasteiger partial charge >= 0.3 is 0 Å². The lowest BCUT2D eigenvalue weighted by Gasteiger charge is -2.16. The Morgan fingerprint density at radius 3 is 2.75 bits per heavy atom. The number of carbonyl (C=O) groups is 1. The second-order valence-electron chi connectivity index (χ2n) is 4.87. The van der Waals surface area contributed by atoms with Gasteiger partial charge in [0.1, 0.15) is 0 Å². The quantitative estimate of drug-likeness (QED) is 0.753. The van der Waals surface area contributed by atoms with Gasteiger partial charge in [0.15, 0.2) is 5.78 Å². The van der Waals surface area contributed by atoms with E-state index in [-0.39, 0.29) is 5.78 Å². The smallest absolute Gasteiger partial charge is 0.164 e. The fraction of sp³-hybridized carbons (Fsp3) is 0.615. The van der Waals surface area contributed by atoms with E-state index in [1.54, 1.807) is 13.8 Å². The van der Waals surface area contributed by atoms with E-state index in [1.165, 1.54) is 0 Å². The lowest BCUT2D eigenvalue weighted by Crippen LogP contribution is -2.20. The van der Waals surface area contributed by atoms with Gasteiger partial charge in [0.25, 0.3) is 0 Å². The van der Waals surface area contributed by atoms with Crippen molar-refractivity contribution in [1.82, 2.24) is 4.57 Å². The molecule has 3 nitrogen and oxygen atoms in total. The number of aromatic nitrogens is 1. The number of Topliss-reactive ketones (excluding diaryl/α,β-unsaturated/α-hetero) is 1. The molecule has 0 bridgehead atoms. The minimum atomic E-state index is -0.655. The average Bonchev–Trinajstić information content (AvgIpc) is 2.62. The predicted molar refractivity (Wildman–Crippen MR) is 64.6 cm³/mol. The van der Waals surface area contributed by atoms with Crippen molar-refractivity contribution in [2.45, 2.75) is 52.2 Å². The molecule has 1 aromatic rings. The molecule has 0 unspecified atom stereocenters. The largest absolute Gasteiger partial charge is 0.390 e. The Hall–Kier alpha value is -1.09. The van der Waals surface area contributed by atoms with Crippen LogP contribution in [0.3, 0.4) is 0 Å². The molecule has 1 N–H and O–H groups in total. The van der Waals surface area contributed by atoms with Crippen molar-refractivity contribution in [2.24, 2.45) is 0 Å². The average molecular weight is 223 g/mol. The van der Waals surface area contributed by atoms with E-state index in [0.717, 1.165) is 18.5 Å². The second-order valence-corrected chi connectivity index (χ2v) is 4.87. The topological polar surface area (TPSA) is 42.2 Å². The fourth-order valence-electron chi connectivity index (χ4n) is 1.52. The fourth-order valence-corrected chi connectivity index (χ4v) is 1.52. The van der Waals surface area contributed by atoms with Gasteiger partial charge in [0.05, 0.1) is 5.60 Å². The zero-order valence-corrected chi connectivity index (χ0v) is 10.4. The van der Waals surface area contributed by atoms with Crippen molar-refractivity contribution in [3.8, 4) is 0 Å². The molecule has 1 heterocycles. The van der Waals surface area contributed by atoms with E-state index in [9.17, 15) is 9.90 Å². The van der Waals surface area contributed by atoms with E-state index in [0.29, 0.717) is 12.8 Å². The molecule has 0 aromatic carbocycles.